The molecule has 4 nitrogen and oxygen atoms in total. The lowest BCUT2D eigenvalue weighted by Crippen LogP contribution is -2.21. The van der Waals surface area contributed by atoms with Crippen LogP contribution in [0.3, 0.4) is 0 Å². The molecule has 1 saturated carbocycles. The smallest absolute Gasteiger partial charge is 0.221 e. The number of ether oxygens (including phenoxy) is 1. The Hall–Kier alpha value is -2.33. The van der Waals surface area contributed by atoms with Crippen molar-refractivity contribution in [1.29, 1.82) is 0 Å². The zero-order valence-electron chi connectivity index (χ0n) is 16.9. The number of anilines is 1. The highest BCUT2D eigenvalue weighted by Crippen LogP contribution is 2.26. The third-order valence-electron chi connectivity index (χ3n) is 5.38. The van der Waals surface area contributed by atoms with Crippen LogP contribution in [0.4, 0.5) is 5.69 Å². The zero-order chi connectivity index (χ0) is 19.6. The van der Waals surface area contributed by atoms with Crippen LogP contribution in [0.5, 0.6) is 11.5 Å². The monoisotopic (exact) mass is 380 g/mol. The summed E-state index contributed by atoms with van der Waals surface area (Å²) in [5.74, 6) is 2.45. The summed E-state index contributed by atoms with van der Waals surface area (Å²) in [5, 5.41) is 6.34. The van der Waals surface area contributed by atoms with Gasteiger partial charge in [-0.2, -0.15) is 0 Å². The summed E-state index contributed by atoms with van der Waals surface area (Å²) in [4.78, 5) is 11.1. The SMILES string of the molecule is CC(=O)Nc1ccc(Oc2ccc(CCNCCC3CCCCC3)cc2)cc1. The van der Waals surface area contributed by atoms with Crippen LogP contribution >= 0.6 is 0 Å². The van der Waals surface area contributed by atoms with Crippen LogP contribution in [-0.2, 0) is 11.2 Å². The van der Waals surface area contributed by atoms with Crippen molar-refractivity contribution >= 4 is 11.6 Å². The highest BCUT2D eigenvalue weighted by atomic mass is 16.5. The van der Waals surface area contributed by atoms with E-state index in [0.29, 0.717) is 0 Å². The lowest BCUT2D eigenvalue weighted by atomic mass is 9.87. The molecule has 0 heterocycles. The van der Waals surface area contributed by atoms with E-state index in [9.17, 15) is 4.79 Å². The van der Waals surface area contributed by atoms with E-state index in [1.54, 1.807) is 0 Å². The van der Waals surface area contributed by atoms with Gasteiger partial charge in [0.05, 0.1) is 0 Å². The molecule has 0 atom stereocenters. The first-order chi connectivity index (χ1) is 13.7. The molecule has 0 aliphatic heterocycles. The number of nitrogens with one attached hydrogen (secondary N) is 2. The molecule has 4 heteroatoms. The number of carbonyl (C=O) groups is 1. The van der Waals surface area contributed by atoms with Crippen LogP contribution < -0.4 is 15.4 Å². The van der Waals surface area contributed by atoms with E-state index in [2.05, 4.69) is 22.8 Å². The van der Waals surface area contributed by atoms with E-state index in [1.807, 2.05) is 36.4 Å². The summed E-state index contributed by atoms with van der Waals surface area (Å²) in [7, 11) is 0. The minimum absolute atomic E-state index is 0.0762. The Morgan fingerprint density at radius 1 is 0.929 bits per heavy atom. The molecular weight excluding hydrogens is 348 g/mol. The molecule has 0 spiro atoms. The Bertz CT molecular complexity index is 719. The van der Waals surface area contributed by atoms with Crippen LogP contribution in [0, 0.1) is 5.92 Å². The van der Waals surface area contributed by atoms with E-state index in [-0.39, 0.29) is 5.91 Å². The van der Waals surface area contributed by atoms with Gasteiger partial charge in [0.15, 0.2) is 0 Å². The molecule has 0 aromatic heterocycles. The lowest BCUT2D eigenvalue weighted by molar-refractivity contribution is -0.114. The van der Waals surface area contributed by atoms with E-state index in [4.69, 9.17) is 4.74 Å². The molecule has 1 amide bonds. The maximum Gasteiger partial charge on any atom is 0.221 e. The second-order valence-corrected chi connectivity index (χ2v) is 7.74. The lowest BCUT2D eigenvalue weighted by Gasteiger charge is -2.21. The molecule has 150 valence electrons. The number of hydrogen-bond donors (Lipinski definition) is 2. The normalized spacial score (nSPS) is 14.6. The van der Waals surface area contributed by atoms with Gasteiger partial charge in [0, 0.05) is 12.6 Å². The van der Waals surface area contributed by atoms with Crippen molar-refractivity contribution in [2.45, 2.75) is 51.9 Å². The predicted octanol–water partition coefficient (Wildman–Crippen LogP) is 5.54. The molecule has 0 saturated heterocycles. The number of carbonyl (C=O) groups excluding carboxylic acids is 1. The number of benzene rings is 2. The molecular formula is C24H32N2O2. The Morgan fingerprint density at radius 3 is 2.21 bits per heavy atom. The van der Waals surface area contributed by atoms with Crippen molar-refractivity contribution in [2.24, 2.45) is 5.92 Å². The minimum Gasteiger partial charge on any atom is -0.457 e. The van der Waals surface area contributed by atoms with Gasteiger partial charge in [0.25, 0.3) is 0 Å². The van der Waals surface area contributed by atoms with Gasteiger partial charge >= 0.3 is 0 Å². The third kappa shape index (κ3) is 7.01. The Morgan fingerprint density at radius 2 is 1.57 bits per heavy atom. The van der Waals surface area contributed by atoms with E-state index < -0.39 is 0 Å². The molecule has 0 unspecified atom stereocenters. The Kier molecular flexibility index (Phi) is 7.92. The van der Waals surface area contributed by atoms with Gasteiger partial charge in [-0.15, -0.1) is 0 Å². The number of amides is 1. The molecule has 2 N–H and O–H groups in total. The van der Waals surface area contributed by atoms with Gasteiger partial charge in [-0.1, -0.05) is 44.2 Å². The average molecular weight is 381 g/mol. The van der Waals surface area contributed by atoms with Crippen molar-refractivity contribution in [1.82, 2.24) is 5.32 Å². The molecule has 2 aromatic rings. The van der Waals surface area contributed by atoms with Gasteiger partial charge < -0.3 is 15.4 Å². The summed E-state index contributed by atoms with van der Waals surface area (Å²) in [6, 6.07) is 15.7. The minimum atomic E-state index is -0.0762. The van der Waals surface area contributed by atoms with E-state index in [0.717, 1.165) is 42.6 Å². The molecule has 1 aliphatic carbocycles. The fourth-order valence-electron chi connectivity index (χ4n) is 3.81. The molecule has 0 bridgehead atoms. The van der Waals surface area contributed by atoms with Gasteiger partial charge in [0.2, 0.25) is 5.91 Å². The average Bonchev–Trinajstić information content (AvgIpc) is 2.71. The van der Waals surface area contributed by atoms with Gasteiger partial charge in [-0.25, -0.2) is 0 Å². The van der Waals surface area contributed by atoms with Crippen LogP contribution in [0.25, 0.3) is 0 Å². The summed E-state index contributed by atoms with van der Waals surface area (Å²) < 4.78 is 5.88. The van der Waals surface area contributed by atoms with Crippen LogP contribution in [0.2, 0.25) is 0 Å². The van der Waals surface area contributed by atoms with Crippen molar-refractivity contribution in [3.05, 3.63) is 54.1 Å². The molecule has 28 heavy (non-hydrogen) atoms. The van der Waals surface area contributed by atoms with E-state index in [1.165, 1.54) is 51.0 Å². The highest BCUT2D eigenvalue weighted by molar-refractivity contribution is 5.88. The first-order valence-electron chi connectivity index (χ1n) is 10.5. The second kappa shape index (κ2) is 10.9. The van der Waals surface area contributed by atoms with Crippen molar-refractivity contribution in [3.8, 4) is 11.5 Å². The van der Waals surface area contributed by atoms with Crippen LogP contribution in [0.15, 0.2) is 48.5 Å². The molecule has 0 radical (unpaired) electrons. The first-order valence-corrected chi connectivity index (χ1v) is 10.5. The largest absolute Gasteiger partial charge is 0.457 e. The molecule has 1 aliphatic rings. The Balaban J connectivity index is 1.36. The summed E-state index contributed by atoms with van der Waals surface area (Å²) in [6.45, 7) is 3.66. The fourth-order valence-corrected chi connectivity index (χ4v) is 3.81. The third-order valence-corrected chi connectivity index (χ3v) is 5.38. The Labute approximate surface area is 168 Å². The molecule has 1 fully saturated rings. The molecule has 2 aromatic carbocycles. The standard InChI is InChI=1S/C24H32N2O2/c1-19(27)26-22-9-13-24(14-10-22)28-23-11-7-21(8-12-23)16-18-25-17-15-20-5-3-2-4-6-20/h7-14,20,25H,2-6,15-18H2,1H3,(H,26,27). The first kappa shape index (κ1) is 20.4. The zero-order valence-corrected chi connectivity index (χ0v) is 16.9. The maximum atomic E-state index is 11.1. The number of hydrogen-bond acceptors (Lipinski definition) is 3. The van der Waals surface area contributed by atoms with Gasteiger partial charge in [-0.05, 0) is 73.8 Å². The highest BCUT2D eigenvalue weighted by Gasteiger charge is 2.12. The fraction of sp³-hybridized carbons (Fsp3) is 0.458. The van der Waals surface area contributed by atoms with Gasteiger partial charge in [0.1, 0.15) is 11.5 Å². The quantitative estimate of drug-likeness (QED) is 0.562. The van der Waals surface area contributed by atoms with Crippen molar-refractivity contribution in [2.75, 3.05) is 18.4 Å². The maximum absolute atomic E-state index is 11.1. The molecule has 3 rings (SSSR count). The van der Waals surface area contributed by atoms with E-state index >= 15 is 0 Å². The van der Waals surface area contributed by atoms with Crippen molar-refractivity contribution in [3.63, 3.8) is 0 Å². The summed E-state index contributed by atoms with van der Waals surface area (Å²) >= 11 is 0. The van der Waals surface area contributed by atoms with Crippen molar-refractivity contribution < 1.29 is 9.53 Å². The van der Waals surface area contributed by atoms with Crippen LogP contribution in [0.1, 0.15) is 51.0 Å². The predicted molar refractivity (Wildman–Crippen MR) is 115 cm³/mol. The number of rotatable bonds is 9. The second-order valence-electron chi connectivity index (χ2n) is 7.74. The topological polar surface area (TPSA) is 50.4 Å². The van der Waals surface area contributed by atoms with Crippen LogP contribution in [-0.4, -0.2) is 19.0 Å². The van der Waals surface area contributed by atoms with Gasteiger partial charge in [-0.3, -0.25) is 4.79 Å². The summed E-state index contributed by atoms with van der Waals surface area (Å²) in [6.07, 6.45) is 9.52. The summed E-state index contributed by atoms with van der Waals surface area (Å²) in [5.41, 5.74) is 2.09.